The summed E-state index contributed by atoms with van der Waals surface area (Å²) in [6.45, 7) is 2.29. The topological polar surface area (TPSA) is 101 Å². The Morgan fingerprint density at radius 1 is 1.00 bits per heavy atom. The molecule has 0 spiro atoms. The number of amides is 1. The Labute approximate surface area is 150 Å². The maximum Gasteiger partial charge on any atom is 0.266 e. The van der Waals surface area contributed by atoms with Crippen LogP contribution in [0.5, 0.6) is 0 Å². The van der Waals surface area contributed by atoms with Crippen molar-refractivity contribution in [3.05, 3.63) is 24.3 Å². The van der Waals surface area contributed by atoms with Gasteiger partial charge in [-0.1, -0.05) is 50.7 Å². The van der Waals surface area contributed by atoms with E-state index in [1.807, 2.05) is 0 Å². The van der Waals surface area contributed by atoms with Crippen LogP contribution in [0.4, 0.5) is 5.69 Å². The number of anilines is 1. The van der Waals surface area contributed by atoms with Crippen molar-refractivity contribution in [2.24, 2.45) is 5.73 Å². The first-order valence-electron chi connectivity index (χ1n) is 9.02. The zero-order valence-electron chi connectivity index (χ0n) is 14.9. The molecule has 2 rings (SSSR count). The number of rotatable bonds is 0. The van der Waals surface area contributed by atoms with E-state index in [-0.39, 0.29) is 4.90 Å². The maximum absolute atomic E-state index is 12.7. The number of sulfonamides is 1. The third-order valence-electron chi connectivity index (χ3n) is 4.61. The van der Waals surface area contributed by atoms with E-state index in [0.29, 0.717) is 18.7 Å². The Kier molecular flexibility index (Phi) is 6.84. The molecule has 25 heavy (non-hydrogen) atoms. The highest BCUT2D eigenvalue weighted by atomic mass is 32.2. The summed E-state index contributed by atoms with van der Waals surface area (Å²) in [5, 5.41) is 3.17. The van der Waals surface area contributed by atoms with Crippen LogP contribution in [0.3, 0.4) is 0 Å². The lowest BCUT2D eigenvalue weighted by atomic mass is 9.94. The van der Waals surface area contributed by atoms with E-state index in [2.05, 4.69) is 10.0 Å². The Morgan fingerprint density at radius 2 is 1.60 bits per heavy atom. The predicted molar refractivity (Wildman–Crippen MR) is 99.8 cm³/mol. The van der Waals surface area contributed by atoms with Crippen LogP contribution in [0.15, 0.2) is 29.2 Å². The van der Waals surface area contributed by atoms with E-state index in [0.717, 1.165) is 32.1 Å². The highest BCUT2D eigenvalue weighted by molar-refractivity contribution is 7.90. The minimum absolute atomic E-state index is 0.0752. The molecule has 0 saturated carbocycles. The van der Waals surface area contributed by atoms with Gasteiger partial charge in [-0.25, -0.2) is 13.1 Å². The minimum Gasteiger partial charge on any atom is -0.384 e. The summed E-state index contributed by atoms with van der Waals surface area (Å²) in [5.41, 5.74) is 5.38. The first kappa shape index (κ1) is 19.7. The number of benzene rings is 1. The summed E-state index contributed by atoms with van der Waals surface area (Å²) in [7, 11) is -3.97. The Morgan fingerprint density at radius 3 is 2.32 bits per heavy atom. The van der Waals surface area contributed by atoms with Crippen molar-refractivity contribution in [1.29, 1.82) is 0 Å². The monoisotopic (exact) mass is 367 g/mol. The van der Waals surface area contributed by atoms with Crippen molar-refractivity contribution < 1.29 is 13.2 Å². The molecule has 1 atom stereocenters. The summed E-state index contributed by atoms with van der Waals surface area (Å²) in [4.78, 5) is 12.5. The summed E-state index contributed by atoms with van der Waals surface area (Å²) in [5.74, 6) is -0.658. The quantitative estimate of drug-likeness (QED) is 0.654. The van der Waals surface area contributed by atoms with Crippen molar-refractivity contribution in [1.82, 2.24) is 4.72 Å². The molecule has 1 aliphatic rings. The molecule has 6 nitrogen and oxygen atoms in total. The van der Waals surface area contributed by atoms with Crippen LogP contribution in [0, 0.1) is 0 Å². The summed E-state index contributed by atoms with van der Waals surface area (Å²) in [6, 6.07) is 6.62. The van der Waals surface area contributed by atoms with Gasteiger partial charge in [0.1, 0.15) is 4.90 Å². The van der Waals surface area contributed by atoms with E-state index in [9.17, 15) is 13.2 Å². The highest BCUT2D eigenvalue weighted by Crippen LogP contribution is 2.22. The molecule has 140 valence electrons. The van der Waals surface area contributed by atoms with Gasteiger partial charge in [0, 0.05) is 6.54 Å². The molecule has 1 amide bonds. The van der Waals surface area contributed by atoms with Gasteiger partial charge in [-0.15, -0.1) is 0 Å². The lowest BCUT2D eigenvalue weighted by Gasteiger charge is -2.24. The van der Waals surface area contributed by atoms with Gasteiger partial charge in [-0.05, 0) is 31.9 Å². The van der Waals surface area contributed by atoms with Crippen LogP contribution >= 0.6 is 0 Å². The molecule has 0 fully saturated rings. The standard InChI is InChI=1S/C18H29N3O3S/c1-18(19)13-9-5-3-2-4-6-10-14-20-15-11-7-8-12-16(15)25(23,24)21-17(18)22/h7-8,11-12,20H,2-6,9-10,13-14,19H2,1H3,(H,21,22). The fraction of sp³-hybridized carbons (Fsp3) is 0.611. The van der Waals surface area contributed by atoms with Crippen LogP contribution in [0.2, 0.25) is 0 Å². The van der Waals surface area contributed by atoms with Gasteiger partial charge in [-0.2, -0.15) is 0 Å². The number of fused-ring (bicyclic) bond motifs is 1. The largest absolute Gasteiger partial charge is 0.384 e. The van der Waals surface area contributed by atoms with Crippen LogP contribution in [-0.4, -0.2) is 26.4 Å². The minimum atomic E-state index is -3.97. The predicted octanol–water partition coefficient (Wildman–Crippen LogP) is 2.76. The van der Waals surface area contributed by atoms with Gasteiger partial charge in [0.25, 0.3) is 15.9 Å². The molecular formula is C18H29N3O3S. The molecule has 7 heteroatoms. The first-order valence-corrected chi connectivity index (χ1v) is 10.5. The molecule has 1 unspecified atom stereocenters. The first-order chi connectivity index (χ1) is 11.8. The fourth-order valence-corrected chi connectivity index (χ4v) is 4.25. The normalized spacial score (nSPS) is 26.1. The van der Waals surface area contributed by atoms with Crippen molar-refractivity contribution in [2.75, 3.05) is 11.9 Å². The van der Waals surface area contributed by atoms with Gasteiger partial charge in [0.2, 0.25) is 0 Å². The van der Waals surface area contributed by atoms with Crippen LogP contribution < -0.4 is 15.8 Å². The molecule has 1 heterocycles. The van der Waals surface area contributed by atoms with Crippen molar-refractivity contribution in [2.45, 2.75) is 68.7 Å². The van der Waals surface area contributed by atoms with E-state index in [4.69, 9.17) is 5.73 Å². The number of nitrogens with two attached hydrogens (primary N) is 1. The Balaban J connectivity index is 2.25. The summed E-state index contributed by atoms with van der Waals surface area (Å²) >= 11 is 0. The SMILES string of the molecule is CC1(N)CCCCCCCCCNc2ccccc2S(=O)(=O)NC1=O. The average molecular weight is 368 g/mol. The van der Waals surface area contributed by atoms with Crippen molar-refractivity contribution >= 4 is 21.6 Å². The fourth-order valence-electron chi connectivity index (χ4n) is 2.98. The van der Waals surface area contributed by atoms with E-state index in [1.165, 1.54) is 18.9 Å². The molecule has 4 N–H and O–H groups in total. The van der Waals surface area contributed by atoms with Gasteiger partial charge in [0.05, 0.1) is 11.2 Å². The molecule has 1 aromatic carbocycles. The third kappa shape index (κ3) is 5.71. The van der Waals surface area contributed by atoms with E-state index < -0.39 is 21.5 Å². The molecular weight excluding hydrogens is 338 g/mol. The second-order valence-electron chi connectivity index (χ2n) is 7.00. The second kappa shape index (κ2) is 8.67. The number of carbonyl (C=O) groups is 1. The number of carbonyl (C=O) groups excluding carboxylic acids is 1. The molecule has 0 aromatic heterocycles. The number of para-hydroxylation sites is 1. The van der Waals surface area contributed by atoms with E-state index in [1.54, 1.807) is 25.1 Å². The molecule has 0 saturated heterocycles. The van der Waals surface area contributed by atoms with Crippen LogP contribution in [0.25, 0.3) is 0 Å². The molecule has 0 bridgehead atoms. The van der Waals surface area contributed by atoms with Gasteiger partial charge >= 0.3 is 0 Å². The lowest BCUT2D eigenvalue weighted by Crippen LogP contribution is -2.53. The maximum atomic E-state index is 12.7. The van der Waals surface area contributed by atoms with Crippen molar-refractivity contribution in [3.8, 4) is 0 Å². The zero-order chi connectivity index (χ0) is 18.3. The Hall–Kier alpha value is -1.60. The third-order valence-corrected chi connectivity index (χ3v) is 6.00. The molecule has 1 aromatic rings. The van der Waals surface area contributed by atoms with Gasteiger partial charge in [-0.3, -0.25) is 4.79 Å². The molecule has 0 radical (unpaired) electrons. The van der Waals surface area contributed by atoms with Gasteiger partial charge < -0.3 is 11.1 Å². The highest BCUT2D eigenvalue weighted by Gasteiger charge is 2.32. The summed E-state index contributed by atoms with van der Waals surface area (Å²) in [6.07, 6.45) is 7.86. The number of hydrogen-bond donors (Lipinski definition) is 3. The van der Waals surface area contributed by atoms with Crippen molar-refractivity contribution in [3.63, 3.8) is 0 Å². The average Bonchev–Trinajstić information content (AvgIpc) is 2.55. The van der Waals surface area contributed by atoms with Crippen LogP contribution in [0.1, 0.15) is 58.3 Å². The molecule has 0 aliphatic carbocycles. The second-order valence-corrected chi connectivity index (χ2v) is 8.65. The van der Waals surface area contributed by atoms with Crippen LogP contribution in [-0.2, 0) is 14.8 Å². The number of nitrogens with one attached hydrogen (secondary N) is 2. The Bertz CT molecular complexity index is 687. The molecule has 1 aliphatic heterocycles. The number of hydrogen-bond acceptors (Lipinski definition) is 5. The van der Waals surface area contributed by atoms with Gasteiger partial charge in [0.15, 0.2) is 0 Å². The zero-order valence-corrected chi connectivity index (χ0v) is 15.7. The van der Waals surface area contributed by atoms with E-state index >= 15 is 0 Å². The summed E-state index contributed by atoms with van der Waals surface area (Å²) < 4.78 is 27.5. The lowest BCUT2D eigenvalue weighted by molar-refractivity contribution is -0.124. The smallest absolute Gasteiger partial charge is 0.266 e.